The van der Waals surface area contributed by atoms with Gasteiger partial charge in [-0.15, -0.1) is 11.3 Å². The molecule has 9 aromatic rings. The summed E-state index contributed by atoms with van der Waals surface area (Å²) in [5.41, 5.74) is 17.3. The van der Waals surface area contributed by atoms with Crippen LogP contribution in [0.2, 0.25) is 0 Å². The fraction of sp³-hybridized carbons (Fsp3) is 0.191. The summed E-state index contributed by atoms with van der Waals surface area (Å²) < 4.78 is 12.3. The summed E-state index contributed by atoms with van der Waals surface area (Å²) in [6.07, 6.45) is 0. The second-order valence-electron chi connectivity index (χ2n) is 17.1. The summed E-state index contributed by atoms with van der Waals surface area (Å²) in [5, 5.41) is 4.97. The first-order valence-electron chi connectivity index (χ1n) is 18.5. The molecule has 52 heavy (non-hydrogen) atoms. The number of fused-ring (bicyclic) bond motifs is 12. The zero-order valence-corrected chi connectivity index (χ0v) is 31.5. The molecule has 252 valence electrons. The van der Waals surface area contributed by atoms with Crippen molar-refractivity contribution in [3.05, 3.63) is 126 Å². The standard InChI is InChI=1S/C47H39BN2OS/c1-26-22-37-41-38(23-26)50-42-32(45-43(50)31-12-8-9-17-40(31)52-45)14-10-15-34(42)48(41)33-21-19-27(46(2,3)4)24-36(33)49(37)35-16-11-13-30-29-20-18-28(47(5,6)7)25-39(29)51-44(30)35/h8-25H,1-7H3. The van der Waals surface area contributed by atoms with E-state index in [2.05, 4.69) is 167 Å². The number of benzene rings is 6. The van der Waals surface area contributed by atoms with E-state index in [1.807, 2.05) is 11.3 Å². The van der Waals surface area contributed by atoms with Gasteiger partial charge >= 0.3 is 0 Å². The number of rotatable bonds is 1. The van der Waals surface area contributed by atoms with Gasteiger partial charge in [-0.1, -0.05) is 114 Å². The summed E-state index contributed by atoms with van der Waals surface area (Å²) >= 11 is 1.92. The third kappa shape index (κ3) is 3.92. The van der Waals surface area contributed by atoms with Crippen molar-refractivity contribution in [1.82, 2.24) is 4.57 Å². The van der Waals surface area contributed by atoms with E-state index in [4.69, 9.17) is 4.42 Å². The summed E-state index contributed by atoms with van der Waals surface area (Å²) in [7, 11) is 0. The molecule has 0 bridgehead atoms. The maximum absolute atomic E-state index is 6.97. The van der Waals surface area contributed by atoms with Crippen molar-refractivity contribution in [2.75, 3.05) is 4.90 Å². The highest BCUT2D eigenvalue weighted by molar-refractivity contribution is 7.26. The van der Waals surface area contributed by atoms with Gasteiger partial charge in [0.2, 0.25) is 0 Å². The van der Waals surface area contributed by atoms with Gasteiger partial charge < -0.3 is 13.9 Å². The van der Waals surface area contributed by atoms with Crippen LogP contribution < -0.4 is 21.3 Å². The zero-order valence-electron chi connectivity index (χ0n) is 30.7. The molecule has 6 aromatic carbocycles. The largest absolute Gasteiger partial charge is 0.454 e. The lowest BCUT2D eigenvalue weighted by atomic mass is 9.33. The van der Waals surface area contributed by atoms with Crippen LogP contribution in [0.5, 0.6) is 0 Å². The van der Waals surface area contributed by atoms with Crippen molar-refractivity contribution in [2.45, 2.75) is 59.3 Å². The summed E-state index contributed by atoms with van der Waals surface area (Å²) in [5.74, 6) is 0. The molecule has 0 fully saturated rings. The molecule has 0 saturated heterocycles. The number of furan rings is 1. The first-order chi connectivity index (χ1) is 25.0. The Morgan fingerprint density at radius 1 is 0.577 bits per heavy atom. The number of aryl methyl sites for hydroxylation is 1. The summed E-state index contributed by atoms with van der Waals surface area (Å²) in [4.78, 5) is 2.53. The van der Waals surface area contributed by atoms with E-state index in [9.17, 15) is 0 Å². The Labute approximate surface area is 308 Å². The number of hydrogen-bond donors (Lipinski definition) is 0. The van der Waals surface area contributed by atoms with E-state index in [0.29, 0.717) is 0 Å². The predicted molar refractivity (Wildman–Crippen MR) is 225 cm³/mol. The van der Waals surface area contributed by atoms with Gasteiger partial charge in [-0.3, -0.25) is 0 Å². The SMILES string of the molecule is Cc1cc2c3c(c1)-n1c4c(cccc4c4sc5ccccc5c41)B3c1ccc(C(C)(C)C)cc1N2c1cccc2c1oc1cc(C(C)(C)C)ccc12. The molecule has 2 aliphatic rings. The lowest BCUT2D eigenvalue weighted by molar-refractivity contribution is 0.587. The molecule has 0 aliphatic carbocycles. The Kier molecular flexibility index (Phi) is 5.84. The maximum atomic E-state index is 6.97. The van der Waals surface area contributed by atoms with Crippen molar-refractivity contribution < 1.29 is 4.42 Å². The van der Waals surface area contributed by atoms with Gasteiger partial charge in [0.1, 0.15) is 5.58 Å². The summed E-state index contributed by atoms with van der Waals surface area (Å²) in [6.45, 7) is 16.1. The fourth-order valence-electron chi connectivity index (χ4n) is 9.18. The van der Waals surface area contributed by atoms with Crippen molar-refractivity contribution >= 4 is 105 Å². The highest BCUT2D eigenvalue weighted by atomic mass is 32.1. The Morgan fingerprint density at radius 2 is 1.29 bits per heavy atom. The Bertz CT molecular complexity index is 3020. The number of anilines is 3. The van der Waals surface area contributed by atoms with E-state index in [0.717, 1.165) is 27.6 Å². The van der Waals surface area contributed by atoms with E-state index in [-0.39, 0.29) is 17.5 Å². The van der Waals surface area contributed by atoms with Crippen molar-refractivity contribution in [1.29, 1.82) is 0 Å². The number of para-hydroxylation sites is 2. The van der Waals surface area contributed by atoms with E-state index < -0.39 is 0 Å². The number of hydrogen-bond acceptors (Lipinski definition) is 3. The molecule has 0 N–H and O–H groups in total. The Morgan fingerprint density at radius 3 is 2.12 bits per heavy atom. The normalized spacial score (nSPS) is 14.0. The van der Waals surface area contributed by atoms with Crippen LogP contribution in [0.3, 0.4) is 0 Å². The van der Waals surface area contributed by atoms with Crippen LogP contribution in [0.25, 0.3) is 58.8 Å². The lowest BCUT2D eigenvalue weighted by Crippen LogP contribution is -2.60. The van der Waals surface area contributed by atoms with Crippen molar-refractivity contribution in [3.8, 4) is 5.69 Å². The van der Waals surface area contributed by atoms with Crippen LogP contribution in [-0.2, 0) is 10.8 Å². The lowest BCUT2D eigenvalue weighted by Gasteiger charge is -2.41. The van der Waals surface area contributed by atoms with Crippen LogP contribution in [0.15, 0.2) is 114 Å². The smallest absolute Gasteiger partial charge is 0.252 e. The van der Waals surface area contributed by atoms with Gasteiger partial charge in [-0.05, 0) is 87.2 Å². The third-order valence-electron chi connectivity index (χ3n) is 11.7. The molecule has 5 heterocycles. The molecule has 0 saturated carbocycles. The molecule has 2 aliphatic heterocycles. The van der Waals surface area contributed by atoms with Gasteiger partial charge in [-0.2, -0.15) is 0 Å². The second kappa shape index (κ2) is 9.99. The quantitative estimate of drug-likeness (QED) is 0.160. The first-order valence-corrected chi connectivity index (χ1v) is 19.3. The Hall–Kier alpha value is -5.26. The van der Waals surface area contributed by atoms with Gasteiger partial charge in [-0.25, -0.2) is 0 Å². The number of aromatic nitrogens is 1. The van der Waals surface area contributed by atoms with Crippen molar-refractivity contribution in [3.63, 3.8) is 0 Å². The minimum Gasteiger partial charge on any atom is -0.454 e. The van der Waals surface area contributed by atoms with Crippen LogP contribution in [0.4, 0.5) is 17.1 Å². The topological polar surface area (TPSA) is 21.3 Å². The molecule has 0 spiro atoms. The monoisotopic (exact) mass is 690 g/mol. The first kappa shape index (κ1) is 30.4. The van der Waals surface area contributed by atoms with Gasteiger partial charge in [0.05, 0.1) is 21.4 Å². The van der Waals surface area contributed by atoms with Crippen molar-refractivity contribution in [2.24, 2.45) is 0 Å². The van der Waals surface area contributed by atoms with E-state index >= 15 is 0 Å². The van der Waals surface area contributed by atoms with Gasteiger partial charge in [0.15, 0.2) is 5.58 Å². The molecular formula is C47H39BN2OS. The minimum atomic E-state index is -0.0137. The van der Waals surface area contributed by atoms with Crippen LogP contribution in [-0.4, -0.2) is 11.3 Å². The van der Waals surface area contributed by atoms with Crippen LogP contribution >= 0.6 is 11.3 Å². The highest BCUT2D eigenvalue weighted by Crippen LogP contribution is 2.48. The molecule has 0 unspecified atom stereocenters. The minimum absolute atomic E-state index is 0.0137. The average Bonchev–Trinajstić information content (AvgIpc) is 3.78. The highest BCUT2D eigenvalue weighted by Gasteiger charge is 2.43. The Balaban J connectivity index is 1.28. The van der Waals surface area contributed by atoms with E-state index in [1.165, 1.54) is 81.3 Å². The molecule has 0 atom stereocenters. The molecule has 0 amide bonds. The molecular weight excluding hydrogens is 651 g/mol. The van der Waals surface area contributed by atoms with Gasteiger partial charge in [0, 0.05) is 43.3 Å². The van der Waals surface area contributed by atoms with Gasteiger partial charge in [0.25, 0.3) is 6.71 Å². The molecule has 5 heteroatoms. The number of thiophene rings is 1. The molecule has 11 rings (SSSR count). The maximum Gasteiger partial charge on any atom is 0.252 e. The fourth-order valence-corrected chi connectivity index (χ4v) is 10.4. The predicted octanol–water partition coefficient (Wildman–Crippen LogP) is 11.4. The summed E-state index contributed by atoms with van der Waals surface area (Å²) in [6, 6.07) is 41.4. The van der Waals surface area contributed by atoms with Crippen LogP contribution in [0.1, 0.15) is 58.2 Å². The average molecular weight is 691 g/mol. The third-order valence-corrected chi connectivity index (χ3v) is 12.9. The van der Waals surface area contributed by atoms with Crippen LogP contribution in [0, 0.1) is 6.92 Å². The van der Waals surface area contributed by atoms with E-state index in [1.54, 1.807) is 0 Å². The second-order valence-corrected chi connectivity index (χ2v) is 18.1. The molecule has 3 nitrogen and oxygen atoms in total. The zero-order chi connectivity index (χ0) is 35.4. The number of nitrogens with zero attached hydrogens (tertiary/aromatic N) is 2. The molecule has 3 aromatic heterocycles. The molecule has 0 radical (unpaired) electrons.